The van der Waals surface area contributed by atoms with Gasteiger partial charge in [-0.1, -0.05) is 65.7 Å². The maximum absolute atomic E-state index is 13.9. The standard InChI is InChI=1S/C32H39Cl2N3O4S/c1-22(2)35-32(39)30(19-25-10-7-6-8-11-25)36(21-26-13-14-27(33)20-29(26)34)31(38)12-9-15-37(42(5,40)41)28-17-23(3)16-24(4)18-28/h6-8,10-11,13-14,16-18,20,22,30H,9,12,15,19,21H2,1-5H3,(H,35,39)/t30-/m1/s1. The lowest BCUT2D eigenvalue weighted by Gasteiger charge is -2.32. The summed E-state index contributed by atoms with van der Waals surface area (Å²) in [6.07, 6.45) is 1.75. The van der Waals surface area contributed by atoms with Crippen LogP contribution >= 0.6 is 23.2 Å². The molecule has 1 atom stereocenters. The van der Waals surface area contributed by atoms with Crippen molar-refractivity contribution in [1.29, 1.82) is 0 Å². The Morgan fingerprint density at radius 3 is 2.14 bits per heavy atom. The fourth-order valence-electron chi connectivity index (χ4n) is 4.87. The average Bonchev–Trinajstić information content (AvgIpc) is 2.88. The Balaban J connectivity index is 1.92. The van der Waals surface area contributed by atoms with Gasteiger partial charge >= 0.3 is 0 Å². The smallest absolute Gasteiger partial charge is 0.243 e. The van der Waals surface area contributed by atoms with E-state index in [1.807, 2.05) is 76.2 Å². The molecular formula is C32H39Cl2N3O4S. The fourth-order valence-corrected chi connectivity index (χ4v) is 6.28. The van der Waals surface area contributed by atoms with Crippen molar-refractivity contribution in [3.8, 4) is 0 Å². The van der Waals surface area contributed by atoms with E-state index in [0.29, 0.717) is 27.7 Å². The molecule has 0 heterocycles. The van der Waals surface area contributed by atoms with E-state index in [4.69, 9.17) is 23.2 Å². The minimum absolute atomic E-state index is 0.0300. The molecule has 0 aliphatic heterocycles. The van der Waals surface area contributed by atoms with Crippen LogP contribution in [0.25, 0.3) is 0 Å². The summed E-state index contributed by atoms with van der Waals surface area (Å²) < 4.78 is 26.8. The number of nitrogens with zero attached hydrogens (tertiary/aromatic N) is 2. The summed E-state index contributed by atoms with van der Waals surface area (Å²) in [5.41, 5.74) is 4.00. The van der Waals surface area contributed by atoms with E-state index < -0.39 is 16.1 Å². The van der Waals surface area contributed by atoms with E-state index in [9.17, 15) is 18.0 Å². The molecule has 0 bridgehead atoms. The molecule has 3 aromatic rings. The van der Waals surface area contributed by atoms with E-state index in [0.717, 1.165) is 22.9 Å². The highest BCUT2D eigenvalue weighted by molar-refractivity contribution is 7.92. The highest BCUT2D eigenvalue weighted by atomic mass is 35.5. The number of carbonyl (C=O) groups is 2. The fraction of sp³-hybridized carbons (Fsp3) is 0.375. The predicted octanol–water partition coefficient (Wildman–Crippen LogP) is 6.32. The van der Waals surface area contributed by atoms with Gasteiger partial charge in [0, 0.05) is 42.0 Å². The second-order valence-corrected chi connectivity index (χ2v) is 13.7. The van der Waals surface area contributed by atoms with Gasteiger partial charge in [0.1, 0.15) is 6.04 Å². The Hall–Kier alpha value is -3.07. The van der Waals surface area contributed by atoms with Crippen LogP contribution in [0.2, 0.25) is 10.0 Å². The molecule has 226 valence electrons. The van der Waals surface area contributed by atoms with E-state index >= 15 is 0 Å². The molecule has 1 N–H and O–H groups in total. The number of halogens is 2. The number of sulfonamides is 1. The first-order chi connectivity index (χ1) is 19.7. The van der Waals surface area contributed by atoms with Gasteiger partial charge in [0.25, 0.3) is 0 Å². The first-order valence-electron chi connectivity index (χ1n) is 13.9. The molecule has 2 amide bonds. The van der Waals surface area contributed by atoms with Crippen LogP contribution in [0.15, 0.2) is 66.7 Å². The van der Waals surface area contributed by atoms with E-state index in [2.05, 4.69) is 5.32 Å². The van der Waals surface area contributed by atoms with E-state index in [1.165, 1.54) is 4.31 Å². The second-order valence-electron chi connectivity index (χ2n) is 10.9. The van der Waals surface area contributed by atoms with Gasteiger partial charge in [0.15, 0.2) is 0 Å². The molecule has 7 nitrogen and oxygen atoms in total. The molecule has 0 spiro atoms. The van der Waals surface area contributed by atoms with Crippen LogP contribution in [0.1, 0.15) is 48.9 Å². The predicted molar refractivity (Wildman–Crippen MR) is 172 cm³/mol. The lowest BCUT2D eigenvalue weighted by molar-refractivity contribution is -0.141. The number of rotatable bonds is 13. The third kappa shape index (κ3) is 9.75. The maximum Gasteiger partial charge on any atom is 0.243 e. The molecule has 0 saturated heterocycles. The van der Waals surface area contributed by atoms with Gasteiger partial charge in [-0.15, -0.1) is 0 Å². The maximum atomic E-state index is 13.9. The Labute approximate surface area is 259 Å². The number of anilines is 1. The monoisotopic (exact) mass is 631 g/mol. The van der Waals surface area contributed by atoms with Crippen LogP contribution < -0.4 is 9.62 Å². The van der Waals surface area contributed by atoms with Crippen molar-refractivity contribution in [2.75, 3.05) is 17.1 Å². The highest BCUT2D eigenvalue weighted by Gasteiger charge is 2.31. The van der Waals surface area contributed by atoms with Crippen LogP contribution in [0.5, 0.6) is 0 Å². The summed E-state index contributed by atoms with van der Waals surface area (Å²) in [5.74, 6) is -0.560. The number of amides is 2. The van der Waals surface area contributed by atoms with Crippen molar-refractivity contribution in [3.05, 3.63) is 99.0 Å². The number of hydrogen-bond acceptors (Lipinski definition) is 4. The molecule has 0 radical (unpaired) electrons. The van der Waals surface area contributed by atoms with Gasteiger partial charge in [-0.2, -0.15) is 0 Å². The minimum atomic E-state index is -3.60. The normalized spacial score (nSPS) is 12.2. The summed E-state index contributed by atoms with van der Waals surface area (Å²) in [4.78, 5) is 29.0. The number of aryl methyl sites for hydroxylation is 2. The summed E-state index contributed by atoms with van der Waals surface area (Å²) in [6, 6.07) is 19.2. The lowest BCUT2D eigenvalue weighted by atomic mass is 10.0. The van der Waals surface area contributed by atoms with Gasteiger partial charge < -0.3 is 10.2 Å². The zero-order chi connectivity index (χ0) is 31.0. The summed E-state index contributed by atoms with van der Waals surface area (Å²) in [5, 5.41) is 3.81. The van der Waals surface area contributed by atoms with Crippen LogP contribution in [0.4, 0.5) is 5.69 Å². The lowest BCUT2D eigenvalue weighted by Crippen LogP contribution is -2.51. The molecule has 0 aromatic heterocycles. The van der Waals surface area contributed by atoms with Crippen molar-refractivity contribution in [3.63, 3.8) is 0 Å². The van der Waals surface area contributed by atoms with Crippen LogP contribution in [-0.4, -0.2) is 50.0 Å². The molecule has 0 fully saturated rings. The number of hydrogen-bond donors (Lipinski definition) is 1. The Bertz CT molecular complexity index is 1480. The van der Waals surface area contributed by atoms with Crippen LogP contribution in [-0.2, 0) is 32.6 Å². The molecule has 42 heavy (non-hydrogen) atoms. The van der Waals surface area contributed by atoms with Gasteiger partial charge in [0.05, 0.1) is 11.9 Å². The minimum Gasteiger partial charge on any atom is -0.352 e. The molecule has 0 aliphatic carbocycles. The van der Waals surface area contributed by atoms with Crippen LogP contribution in [0.3, 0.4) is 0 Å². The van der Waals surface area contributed by atoms with Crippen molar-refractivity contribution >= 4 is 50.7 Å². The third-order valence-electron chi connectivity index (χ3n) is 6.70. The second kappa shape index (κ2) is 14.9. The molecule has 0 aliphatic rings. The van der Waals surface area contributed by atoms with Crippen molar-refractivity contribution in [2.24, 2.45) is 0 Å². The molecule has 10 heteroatoms. The third-order valence-corrected chi connectivity index (χ3v) is 8.49. The Kier molecular flexibility index (Phi) is 11.9. The number of carbonyl (C=O) groups excluding carboxylic acids is 2. The van der Waals surface area contributed by atoms with E-state index in [-0.39, 0.29) is 43.8 Å². The van der Waals surface area contributed by atoms with Crippen molar-refractivity contribution in [2.45, 2.75) is 65.6 Å². The number of benzene rings is 3. The Morgan fingerprint density at radius 1 is 0.929 bits per heavy atom. The van der Waals surface area contributed by atoms with Crippen LogP contribution in [0, 0.1) is 13.8 Å². The SMILES string of the molecule is Cc1cc(C)cc(N(CCCC(=O)N(Cc2ccc(Cl)cc2Cl)[C@H](Cc2ccccc2)C(=O)NC(C)C)S(C)(=O)=O)c1. The first kappa shape index (κ1) is 33.4. The number of nitrogens with one attached hydrogen (secondary N) is 1. The zero-order valence-corrected chi connectivity index (χ0v) is 27.1. The van der Waals surface area contributed by atoms with Gasteiger partial charge in [-0.3, -0.25) is 13.9 Å². The van der Waals surface area contributed by atoms with Gasteiger partial charge in [0.2, 0.25) is 21.8 Å². The quantitative estimate of drug-likeness (QED) is 0.239. The van der Waals surface area contributed by atoms with E-state index in [1.54, 1.807) is 23.1 Å². The topological polar surface area (TPSA) is 86.8 Å². The zero-order valence-electron chi connectivity index (χ0n) is 24.7. The summed E-state index contributed by atoms with van der Waals surface area (Å²) in [7, 11) is -3.60. The van der Waals surface area contributed by atoms with Gasteiger partial charge in [-0.05, 0) is 80.6 Å². The molecule has 0 unspecified atom stereocenters. The largest absolute Gasteiger partial charge is 0.352 e. The molecule has 0 saturated carbocycles. The summed E-state index contributed by atoms with van der Waals surface area (Å²) in [6.45, 7) is 7.76. The van der Waals surface area contributed by atoms with Crippen molar-refractivity contribution < 1.29 is 18.0 Å². The van der Waals surface area contributed by atoms with Gasteiger partial charge in [-0.25, -0.2) is 8.42 Å². The van der Waals surface area contributed by atoms with Crippen molar-refractivity contribution in [1.82, 2.24) is 10.2 Å². The molecule has 3 rings (SSSR count). The summed E-state index contributed by atoms with van der Waals surface area (Å²) >= 11 is 12.6. The molecule has 3 aromatic carbocycles. The Morgan fingerprint density at radius 2 is 1.57 bits per heavy atom. The average molecular weight is 633 g/mol. The highest BCUT2D eigenvalue weighted by Crippen LogP contribution is 2.26. The molecular weight excluding hydrogens is 593 g/mol. The first-order valence-corrected chi connectivity index (χ1v) is 16.5.